The summed E-state index contributed by atoms with van der Waals surface area (Å²) in [5.74, 6) is 0.964. The molecule has 26 heavy (non-hydrogen) atoms. The Morgan fingerprint density at radius 2 is 1.85 bits per heavy atom. The highest BCUT2D eigenvalue weighted by molar-refractivity contribution is 7.11. The number of halogens is 1. The Hall–Kier alpha value is -1.89. The first-order valence-electron chi connectivity index (χ1n) is 8.15. The highest BCUT2D eigenvalue weighted by Crippen LogP contribution is 2.29. The minimum absolute atomic E-state index is 0. The molecule has 0 saturated heterocycles. The fourth-order valence-corrected chi connectivity index (χ4v) is 4.66. The topological polar surface area (TPSA) is 43.9 Å². The van der Waals surface area contributed by atoms with Crippen molar-refractivity contribution < 1.29 is 4.42 Å². The lowest BCUT2D eigenvalue weighted by atomic mass is 10.2. The molecule has 0 unspecified atom stereocenters. The summed E-state index contributed by atoms with van der Waals surface area (Å²) in [6, 6.07) is 6.15. The molecule has 0 radical (unpaired) electrons. The lowest BCUT2D eigenvalue weighted by molar-refractivity contribution is 0.489. The average molecular weight is 406 g/mol. The van der Waals surface area contributed by atoms with Gasteiger partial charge in [0, 0.05) is 33.4 Å². The Morgan fingerprint density at radius 1 is 1.08 bits per heavy atom. The lowest BCUT2D eigenvalue weighted by Gasteiger charge is -2.07. The van der Waals surface area contributed by atoms with Crippen molar-refractivity contribution in [1.29, 1.82) is 0 Å². The summed E-state index contributed by atoms with van der Waals surface area (Å²) in [5.41, 5.74) is 5.76. The van der Waals surface area contributed by atoms with Gasteiger partial charge in [-0.15, -0.1) is 35.1 Å². The van der Waals surface area contributed by atoms with Gasteiger partial charge in [-0.25, -0.2) is 9.97 Å². The van der Waals surface area contributed by atoms with E-state index in [0.717, 1.165) is 40.1 Å². The molecule has 0 amide bonds. The van der Waals surface area contributed by atoms with Gasteiger partial charge in [0.25, 0.3) is 0 Å². The molecule has 136 valence electrons. The molecule has 7 heteroatoms. The van der Waals surface area contributed by atoms with Crippen molar-refractivity contribution in [2.24, 2.45) is 0 Å². The number of rotatable bonds is 5. The van der Waals surface area contributed by atoms with Crippen molar-refractivity contribution in [3.63, 3.8) is 0 Å². The van der Waals surface area contributed by atoms with Crippen molar-refractivity contribution in [2.75, 3.05) is 0 Å². The molecule has 0 spiro atoms. The zero-order valence-corrected chi connectivity index (χ0v) is 17.3. The fraction of sp³-hybridized carbons (Fsp3) is 0.263. The van der Waals surface area contributed by atoms with Gasteiger partial charge in [0.2, 0.25) is 0 Å². The van der Waals surface area contributed by atoms with Crippen molar-refractivity contribution in [3.05, 3.63) is 68.1 Å². The number of furan rings is 1. The highest BCUT2D eigenvalue weighted by Gasteiger charge is 2.15. The van der Waals surface area contributed by atoms with Gasteiger partial charge >= 0.3 is 0 Å². The summed E-state index contributed by atoms with van der Waals surface area (Å²) in [6.45, 7) is 7.06. The van der Waals surface area contributed by atoms with Crippen LogP contribution in [0.2, 0.25) is 0 Å². The molecule has 0 saturated carbocycles. The van der Waals surface area contributed by atoms with Gasteiger partial charge in [0.15, 0.2) is 0 Å². The maximum Gasteiger partial charge on any atom is 0.123 e. The molecule has 4 heterocycles. The molecule has 4 aromatic heterocycles. The van der Waals surface area contributed by atoms with Crippen LogP contribution in [0.5, 0.6) is 0 Å². The molecule has 4 aromatic rings. The Balaban J connectivity index is 0.00000196. The minimum atomic E-state index is 0. The van der Waals surface area contributed by atoms with E-state index >= 15 is 0 Å². The SMILES string of the molecule is Cc1csc(Cc2nc(-c3cc(C)n(Cc4ccco4)c3C)cs2)n1.Cl. The number of hydrogen-bond donors (Lipinski definition) is 0. The first-order chi connectivity index (χ1) is 12.1. The zero-order valence-electron chi connectivity index (χ0n) is 14.9. The van der Waals surface area contributed by atoms with Gasteiger partial charge in [-0.1, -0.05) is 0 Å². The van der Waals surface area contributed by atoms with E-state index in [0.29, 0.717) is 0 Å². The molecule has 0 bridgehead atoms. The largest absolute Gasteiger partial charge is 0.467 e. The molecular formula is C19H20ClN3OS2. The van der Waals surface area contributed by atoms with Crippen LogP contribution in [-0.2, 0) is 13.0 Å². The smallest absolute Gasteiger partial charge is 0.123 e. The van der Waals surface area contributed by atoms with Crippen LogP contribution in [0.4, 0.5) is 0 Å². The minimum Gasteiger partial charge on any atom is -0.467 e. The standard InChI is InChI=1S/C19H19N3OS2.ClH/c1-12-10-24-18(20-12)8-19-21-17(11-25-19)16-7-13(2)22(14(16)3)9-15-5-4-6-23-15;/h4-7,10-11H,8-9H2,1-3H3;1H. The maximum absolute atomic E-state index is 5.49. The molecular weight excluding hydrogens is 386 g/mol. The van der Waals surface area contributed by atoms with E-state index in [-0.39, 0.29) is 12.4 Å². The van der Waals surface area contributed by atoms with E-state index in [1.165, 1.54) is 17.0 Å². The van der Waals surface area contributed by atoms with Crippen molar-refractivity contribution in [1.82, 2.24) is 14.5 Å². The quantitative estimate of drug-likeness (QED) is 0.431. The molecule has 0 aliphatic rings. The zero-order chi connectivity index (χ0) is 17.4. The van der Waals surface area contributed by atoms with Crippen LogP contribution in [0.1, 0.15) is 32.9 Å². The van der Waals surface area contributed by atoms with Crippen LogP contribution < -0.4 is 0 Å². The Labute approximate surface area is 167 Å². The van der Waals surface area contributed by atoms with Crippen LogP contribution >= 0.6 is 35.1 Å². The predicted molar refractivity (Wildman–Crippen MR) is 110 cm³/mol. The second kappa shape index (κ2) is 7.78. The number of aryl methyl sites for hydroxylation is 2. The van der Waals surface area contributed by atoms with E-state index in [2.05, 4.69) is 40.2 Å². The molecule has 0 atom stereocenters. The maximum atomic E-state index is 5.49. The summed E-state index contributed by atoms with van der Waals surface area (Å²) in [6.07, 6.45) is 2.53. The number of aromatic nitrogens is 3. The molecule has 0 aromatic carbocycles. The molecule has 0 aliphatic carbocycles. The lowest BCUT2D eigenvalue weighted by Crippen LogP contribution is -2.02. The van der Waals surface area contributed by atoms with Gasteiger partial charge in [-0.05, 0) is 39.0 Å². The third-order valence-electron chi connectivity index (χ3n) is 4.26. The number of nitrogens with zero attached hydrogens (tertiary/aromatic N) is 3. The van der Waals surface area contributed by atoms with Gasteiger partial charge in [0.1, 0.15) is 10.8 Å². The molecule has 0 fully saturated rings. The third-order valence-corrected chi connectivity index (χ3v) is 6.08. The van der Waals surface area contributed by atoms with Crippen LogP contribution in [0.25, 0.3) is 11.3 Å². The average Bonchev–Trinajstić information content (AvgIpc) is 3.35. The van der Waals surface area contributed by atoms with Crippen molar-refractivity contribution >= 4 is 35.1 Å². The molecule has 4 nitrogen and oxygen atoms in total. The van der Waals surface area contributed by atoms with Crippen LogP contribution in [-0.4, -0.2) is 14.5 Å². The molecule has 0 N–H and O–H groups in total. The van der Waals surface area contributed by atoms with Crippen LogP contribution in [0.3, 0.4) is 0 Å². The number of thiazole rings is 2. The van der Waals surface area contributed by atoms with Gasteiger partial charge in [-0.2, -0.15) is 0 Å². The second-order valence-corrected chi connectivity index (χ2v) is 8.02. The summed E-state index contributed by atoms with van der Waals surface area (Å²) >= 11 is 3.41. The van der Waals surface area contributed by atoms with E-state index in [4.69, 9.17) is 9.40 Å². The fourth-order valence-electron chi connectivity index (χ4n) is 2.99. The Kier molecular flexibility index (Phi) is 5.65. The predicted octanol–water partition coefficient (Wildman–Crippen LogP) is 5.65. The van der Waals surface area contributed by atoms with E-state index in [1.54, 1.807) is 28.9 Å². The summed E-state index contributed by atoms with van der Waals surface area (Å²) < 4.78 is 7.77. The Bertz CT molecular complexity index is 998. The first kappa shape index (κ1) is 18.9. The monoisotopic (exact) mass is 405 g/mol. The molecule has 0 aliphatic heterocycles. The van der Waals surface area contributed by atoms with E-state index in [9.17, 15) is 0 Å². The second-order valence-electron chi connectivity index (χ2n) is 6.14. The van der Waals surface area contributed by atoms with Crippen molar-refractivity contribution in [2.45, 2.75) is 33.7 Å². The Morgan fingerprint density at radius 3 is 2.54 bits per heavy atom. The summed E-state index contributed by atoms with van der Waals surface area (Å²) in [5, 5.41) is 6.47. The summed E-state index contributed by atoms with van der Waals surface area (Å²) in [7, 11) is 0. The van der Waals surface area contributed by atoms with Crippen molar-refractivity contribution in [3.8, 4) is 11.3 Å². The highest BCUT2D eigenvalue weighted by atomic mass is 35.5. The van der Waals surface area contributed by atoms with Gasteiger partial charge in [0.05, 0.1) is 29.9 Å². The van der Waals surface area contributed by atoms with Crippen LogP contribution in [0.15, 0.2) is 39.6 Å². The normalized spacial score (nSPS) is 10.9. The first-order valence-corrected chi connectivity index (χ1v) is 9.91. The summed E-state index contributed by atoms with van der Waals surface area (Å²) in [4.78, 5) is 9.38. The van der Waals surface area contributed by atoms with Gasteiger partial charge in [-0.3, -0.25) is 0 Å². The van der Waals surface area contributed by atoms with E-state index in [1.807, 2.05) is 19.1 Å². The third kappa shape index (κ3) is 3.77. The van der Waals surface area contributed by atoms with Crippen LogP contribution in [0, 0.1) is 20.8 Å². The van der Waals surface area contributed by atoms with E-state index < -0.39 is 0 Å². The number of hydrogen-bond acceptors (Lipinski definition) is 5. The molecule has 4 rings (SSSR count). The van der Waals surface area contributed by atoms with Gasteiger partial charge < -0.3 is 8.98 Å².